The van der Waals surface area contributed by atoms with Crippen LogP contribution in [0.5, 0.6) is 0 Å². The summed E-state index contributed by atoms with van der Waals surface area (Å²) in [6.07, 6.45) is 0.562. The molecule has 84 heavy (non-hydrogen) atoms. The average Bonchev–Trinajstić information content (AvgIpc) is 4.39. The van der Waals surface area contributed by atoms with Crippen LogP contribution < -0.4 is 10.6 Å². The average molecular weight is 1210 g/mol. The molecule has 23 heteroatoms. The second-order valence-electron chi connectivity index (χ2n) is 24.1. The van der Waals surface area contributed by atoms with Crippen LogP contribution >= 0.6 is 0 Å². The van der Waals surface area contributed by atoms with E-state index in [9.17, 15) is 51.6 Å². The summed E-state index contributed by atoms with van der Waals surface area (Å²) in [6.45, 7) is 19.3. The van der Waals surface area contributed by atoms with E-state index in [4.69, 9.17) is 28.8 Å². The van der Waals surface area contributed by atoms with Crippen LogP contribution in [0, 0.1) is 41.4 Å². The molecule has 1 aromatic carbocycles. The molecule has 0 spiro atoms. The lowest BCUT2D eigenvalue weighted by atomic mass is 9.83. The summed E-state index contributed by atoms with van der Waals surface area (Å²) in [5.41, 5.74) is 1.08. The number of anilines is 1. The third-order valence-corrected chi connectivity index (χ3v) is 18.4. The number of carbonyl (C=O) groups is 9. The van der Waals surface area contributed by atoms with Crippen molar-refractivity contribution in [1.29, 1.82) is 0 Å². The van der Waals surface area contributed by atoms with Crippen LogP contribution in [0.1, 0.15) is 145 Å². The summed E-state index contributed by atoms with van der Waals surface area (Å²) in [5, 5.41) is 13.8. The van der Waals surface area contributed by atoms with Crippen molar-refractivity contribution in [3.63, 3.8) is 0 Å². The lowest BCUT2D eigenvalue weighted by Crippen LogP contribution is -2.55. The molecule has 1 saturated carbocycles. The minimum Gasteiger partial charge on any atom is -0.481 e. The number of likely N-dealkylation sites (N-methyl/N-ethyl adjacent to an activating group) is 2. The predicted molar refractivity (Wildman–Crippen MR) is 316 cm³/mol. The summed E-state index contributed by atoms with van der Waals surface area (Å²) < 4.78 is 53.7. The molecule has 0 unspecified atom stereocenters. The first-order valence-corrected chi connectivity index (χ1v) is 31.6. The monoisotopic (exact) mass is 1210 g/mol. The molecule has 1 aliphatic heterocycles. The van der Waals surface area contributed by atoms with Gasteiger partial charge in [-0.3, -0.25) is 38.4 Å². The summed E-state index contributed by atoms with van der Waals surface area (Å²) in [4.78, 5) is 125. The standard InChI is InChI=1S/C61H99N5O17S/c1-15-40(8)56(52(79-13)34-53(70)66-26-16-17-49(66)57(80-14)42(10)59(74)63-48(31-37(2)3)51(69)36-84(77,78)46-22-23-46)64(11)60(75)47(38(4)5)33-50(68)55(39(6)7)65(12)61(76)83-35-43-18-20-44(21-19-43)62-58(73)41(9)32-45(67)24-27-81-29-30-82-28-25-54(71)72/h18-21,37-42,46-49,52,55-57H,15-17,22-36H2,1-14H3,(H,62,73)(H,63,74)(H,71,72)/t40-,41+,42+,47-,48-,49-,52+,55-,56-,57+/m0/s1. The van der Waals surface area contributed by atoms with Crippen molar-refractivity contribution < 1.29 is 80.4 Å². The molecule has 5 amide bonds. The van der Waals surface area contributed by atoms with Crippen molar-refractivity contribution in [2.45, 2.75) is 188 Å². The first kappa shape index (κ1) is 72.9. The first-order valence-electron chi connectivity index (χ1n) is 29.9. The van der Waals surface area contributed by atoms with Gasteiger partial charge in [-0.1, -0.05) is 87.8 Å². The van der Waals surface area contributed by atoms with Crippen LogP contribution in [0.4, 0.5) is 10.5 Å². The van der Waals surface area contributed by atoms with Gasteiger partial charge in [-0.25, -0.2) is 13.2 Å². The van der Waals surface area contributed by atoms with Crippen LogP contribution in [-0.4, -0.2) is 190 Å². The molecule has 476 valence electrons. The van der Waals surface area contributed by atoms with Gasteiger partial charge in [0.15, 0.2) is 21.4 Å². The van der Waals surface area contributed by atoms with E-state index in [-0.39, 0.29) is 125 Å². The third-order valence-electron chi connectivity index (χ3n) is 16.2. The lowest BCUT2D eigenvalue weighted by Gasteiger charge is -2.41. The summed E-state index contributed by atoms with van der Waals surface area (Å²) in [6, 6.07) is 3.58. The molecular formula is C61H99N5O17S. The Balaban J connectivity index is 1.64. The van der Waals surface area contributed by atoms with Crippen LogP contribution in [0.2, 0.25) is 0 Å². The normalized spacial score (nSPS) is 17.8. The number of sulfone groups is 1. The van der Waals surface area contributed by atoms with Crippen LogP contribution in [0.3, 0.4) is 0 Å². The van der Waals surface area contributed by atoms with E-state index < -0.39 is 98.7 Å². The van der Waals surface area contributed by atoms with E-state index in [2.05, 4.69) is 10.6 Å². The van der Waals surface area contributed by atoms with Crippen molar-refractivity contribution in [2.75, 3.05) is 72.4 Å². The second kappa shape index (κ2) is 35.3. The number of nitrogens with zero attached hydrogens (tertiary/aromatic N) is 3. The van der Waals surface area contributed by atoms with Gasteiger partial charge in [0.25, 0.3) is 0 Å². The van der Waals surface area contributed by atoms with Gasteiger partial charge in [0.1, 0.15) is 18.1 Å². The lowest BCUT2D eigenvalue weighted by molar-refractivity contribution is -0.149. The van der Waals surface area contributed by atoms with E-state index >= 15 is 0 Å². The van der Waals surface area contributed by atoms with E-state index in [0.717, 1.165) is 0 Å². The number of aliphatic carboxylic acids is 1. The Morgan fingerprint density at radius 3 is 1.90 bits per heavy atom. The zero-order valence-corrected chi connectivity index (χ0v) is 53.2. The van der Waals surface area contributed by atoms with Crippen molar-refractivity contribution in [2.24, 2.45) is 41.4 Å². The van der Waals surface area contributed by atoms with Crippen molar-refractivity contribution in [3.05, 3.63) is 29.8 Å². The van der Waals surface area contributed by atoms with Crippen LogP contribution in [0.15, 0.2) is 24.3 Å². The van der Waals surface area contributed by atoms with Crippen molar-refractivity contribution in [1.82, 2.24) is 20.0 Å². The Labute approximate surface area is 498 Å². The molecule has 3 rings (SSSR count). The Bertz CT molecular complexity index is 2450. The summed E-state index contributed by atoms with van der Waals surface area (Å²) in [7, 11) is 2.51. The van der Waals surface area contributed by atoms with Gasteiger partial charge in [0.05, 0.1) is 86.8 Å². The minimum absolute atomic E-state index is 0.00673. The Hall–Kier alpha value is -5.36. The zero-order valence-electron chi connectivity index (χ0n) is 52.3. The molecule has 1 aromatic rings. The molecule has 1 heterocycles. The van der Waals surface area contributed by atoms with Crippen LogP contribution in [-0.2, 0) is 78.5 Å². The number of rotatable bonds is 40. The Kier molecular flexibility index (Phi) is 30.6. The van der Waals surface area contributed by atoms with Gasteiger partial charge in [-0.2, -0.15) is 0 Å². The maximum atomic E-state index is 14.8. The summed E-state index contributed by atoms with van der Waals surface area (Å²) >= 11 is 0. The zero-order chi connectivity index (χ0) is 63.2. The first-order chi connectivity index (χ1) is 39.5. The number of carboxylic acids is 1. The highest BCUT2D eigenvalue weighted by molar-refractivity contribution is 7.93. The number of Topliss-reactive ketones (excluding diaryl/α,β-unsaturated/α-hetero) is 3. The number of nitrogens with one attached hydrogen (secondary N) is 2. The number of amides is 5. The van der Waals surface area contributed by atoms with E-state index in [1.54, 1.807) is 55.0 Å². The fourth-order valence-electron chi connectivity index (χ4n) is 11.0. The molecule has 2 fully saturated rings. The highest BCUT2D eigenvalue weighted by Gasteiger charge is 2.45. The maximum Gasteiger partial charge on any atom is 0.410 e. The number of methoxy groups -OCH3 is 2. The fraction of sp³-hybridized carbons (Fsp3) is 0.754. The maximum absolute atomic E-state index is 14.8. The number of ketones is 3. The molecule has 2 aliphatic rings. The molecule has 1 saturated heterocycles. The van der Waals surface area contributed by atoms with Gasteiger partial charge < -0.3 is 54.1 Å². The highest BCUT2D eigenvalue weighted by Crippen LogP contribution is 2.33. The largest absolute Gasteiger partial charge is 0.481 e. The van der Waals surface area contributed by atoms with Crippen molar-refractivity contribution >= 4 is 68.6 Å². The fourth-order valence-corrected chi connectivity index (χ4v) is 12.6. The molecule has 10 atom stereocenters. The third kappa shape index (κ3) is 22.8. The quantitative estimate of drug-likeness (QED) is 0.0588. The molecule has 0 bridgehead atoms. The van der Waals surface area contributed by atoms with Gasteiger partial charge in [0.2, 0.25) is 23.6 Å². The molecule has 22 nitrogen and oxygen atoms in total. The molecule has 0 radical (unpaired) electrons. The number of benzene rings is 1. The molecule has 0 aromatic heterocycles. The SMILES string of the molecule is CC[C@H](C)[C@@H]([C@@H](CC(=O)N1CCC[C@H]1[C@H](OC)[C@@H](C)C(=O)N[C@@H](CC(C)C)C(=O)CS(=O)(=O)C1CC1)OC)N(C)C(=O)[C@@H](CC(=O)[C@H](C(C)C)N(C)C(=O)OCc1ccc(NC(=O)[C@H](C)CC(=O)CCOCCOCCC(=O)O)cc1)C(C)C. The topological polar surface area (TPSA) is 288 Å². The highest BCUT2D eigenvalue weighted by atomic mass is 32.2. The molecular weight excluding hydrogens is 1110 g/mol. The number of likely N-dealkylation sites (tertiary alicyclic amines) is 1. The molecule has 3 N–H and O–H groups in total. The van der Waals surface area contributed by atoms with Crippen molar-refractivity contribution in [3.8, 4) is 0 Å². The number of carbonyl (C=O) groups excluding carboxylic acids is 8. The van der Waals surface area contributed by atoms with Gasteiger partial charge in [-0.05, 0) is 73.5 Å². The van der Waals surface area contributed by atoms with Crippen LogP contribution in [0.25, 0.3) is 0 Å². The van der Waals surface area contributed by atoms with E-state index in [1.165, 1.54) is 26.2 Å². The van der Waals surface area contributed by atoms with Gasteiger partial charge in [0, 0.05) is 71.6 Å². The summed E-state index contributed by atoms with van der Waals surface area (Å²) in [5.74, 6) is -7.12. The smallest absolute Gasteiger partial charge is 0.410 e. The van der Waals surface area contributed by atoms with Gasteiger partial charge in [-0.15, -0.1) is 0 Å². The van der Waals surface area contributed by atoms with E-state index in [0.29, 0.717) is 49.9 Å². The predicted octanol–water partition coefficient (Wildman–Crippen LogP) is 6.54. The molecule has 1 aliphatic carbocycles. The number of hydrogen-bond donors (Lipinski definition) is 3. The number of ether oxygens (including phenoxy) is 5. The second-order valence-corrected chi connectivity index (χ2v) is 26.4. The van der Waals surface area contributed by atoms with E-state index in [1.807, 2.05) is 55.4 Å². The Morgan fingerprint density at radius 1 is 0.750 bits per heavy atom. The number of carboxylic acid groups (broad SMARTS) is 1. The Morgan fingerprint density at radius 2 is 1.37 bits per heavy atom. The number of hydrogen-bond acceptors (Lipinski definition) is 16. The van der Waals surface area contributed by atoms with Gasteiger partial charge >= 0.3 is 12.1 Å². The minimum atomic E-state index is -3.60.